The number of benzene rings is 2. The van der Waals surface area contributed by atoms with Crippen LogP contribution < -0.4 is 10.6 Å². The monoisotopic (exact) mass is 714 g/mol. The normalized spacial score (nSPS) is 19.6. The van der Waals surface area contributed by atoms with Crippen molar-refractivity contribution in [3.05, 3.63) is 101 Å². The summed E-state index contributed by atoms with van der Waals surface area (Å²) >= 11 is 2.66. The number of thioether (sulfide) groups is 1. The summed E-state index contributed by atoms with van der Waals surface area (Å²) in [4.78, 5) is 59.5. The lowest BCUT2D eigenvalue weighted by atomic mass is 9.86. The molecule has 2 aromatic carbocycles. The zero-order valence-corrected chi connectivity index (χ0v) is 30.1. The number of allylic oxidation sites excluding steroid dienone is 1. The first-order chi connectivity index (χ1) is 24.1. The minimum absolute atomic E-state index is 0.173. The first-order valence-corrected chi connectivity index (χ1v) is 18.9. The third-order valence-corrected chi connectivity index (χ3v) is 10.7. The number of thiazole rings is 1. The summed E-state index contributed by atoms with van der Waals surface area (Å²) in [5, 5.41) is 7.14. The highest BCUT2D eigenvalue weighted by Crippen LogP contribution is 2.39. The van der Waals surface area contributed by atoms with E-state index in [1.54, 1.807) is 32.2 Å². The first kappa shape index (κ1) is 35.4. The highest BCUT2D eigenvalue weighted by Gasteiger charge is 2.53. The Morgan fingerprint density at radius 3 is 2.30 bits per heavy atom. The van der Waals surface area contributed by atoms with Gasteiger partial charge in [-0.3, -0.25) is 19.8 Å². The van der Waals surface area contributed by atoms with Crippen molar-refractivity contribution in [2.75, 3.05) is 11.1 Å². The van der Waals surface area contributed by atoms with Gasteiger partial charge < -0.3 is 14.8 Å². The van der Waals surface area contributed by atoms with Crippen LogP contribution in [0.4, 0.5) is 9.93 Å². The maximum Gasteiger partial charge on any atom is 0.413 e. The minimum atomic E-state index is -0.834. The van der Waals surface area contributed by atoms with E-state index in [0.717, 1.165) is 24.0 Å². The van der Waals surface area contributed by atoms with Gasteiger partial charge in [0.05, 0.1) is 11.3 Å². The summed E-state index contributed by atoms with van der Waals surface area (Å²) in [7, 11) is 0. The van der Waals surface area contributed by atoms with E-state index in [9.17, 15) is 19.2 Å². The quantitative estimate of drug-likeness (QED) is 0.126. The molecule has 3 aromatic rings. The Morgan fingerprint density at radius 2 is 1.66 bits per heavy atom. The van der Waals surface area contributed by atoms with Crippen LogP contribution in [0.25, 0.3) is 5.57 Å². The van der Waals surface area contributed by atoms with Crippen molar-refractivity contribution in [1.82, 2.24) is 15.2 Å². The number of hydrogen-bond donors (Lipinski definition) is 2. The van der Waals surface area contributed by atoms with Crippen LogP contribution in [0.3, 0.4) is 0 Å². The third-order valence-electron chi connectivity index (χ3n) is 8.78. The van der Waals surface area contributed by atoms with Crippen LogP contribution in [-0.2, 0) is 23.9 Å². The summed E-state index contributed by atoms with van der Waals surface area (Å²) < 4.78 is 11.4. The molecule has 1 aliphatic carbocycles. The molecular formula is C38H42N4O6S2. The van der Waals surface area contributed by atoms with Gasteiger partial charge in [-0.1, -0.05) is 98.8 Å². The molecule has 0 radical (unpaired) electrons. The van der Waals surface area contributed by atoms with E-state index in [1.807, 2.05) is 66.7 Å². The fourth-order valence-electron chi connectivity index (χ4n) is 6.37. The van der Waals surface area contributed by atoms with Crippen molar-refractivity contribution in [2.24, 2.45) is 5.92 Å². The van der Waals surface area contributed by atoms with Crippen molar-refractivity contribution < 1.29 is 28.7 Å². The van der Waals surface area contributed by atoms with E-state index >= 15 is 0 Å². The summed E-state index contributed by atoms with van der Waals surface area (Å²) in [6.45, 7) is 5.33. The lowest BCUT2D eigenvalue weighted by molar-refractivity contribution is -0.154. The second-order valence-electron chi connectivity index (χ2n) is 13.6. The SMILES string of the molecule is CC(C)(C)OC(=O)Nc1nc(/C(=C/CC2CCCCC2)C(=O)NC2C(=O)N3C(C(=O)OC(c4ccccc4)c4ccccc4)=CCSC23)cs1. The second-order valence-corrected chi connectivity index (χ2v) is 15.6. The van der Waals surface area contributed by atoms with Gasteiger partial charge in [-0.2, -0.15) is 0 Å². The van der Waals surface area contributed by atoms with Crippen molar-refractivity contribution >= 4 is 57.7 Å². The van der Waals surface area contributed by atoms with Crippen LogP contribution >= 0.6 is 23.1 Å². The van der Waals surface area contributed by atoms with Gasteiger partial charge in [0, 0.05) is 11.1 Å². The van der Waals surface area contributed by atoms with E-state index in [0.29, 0.717) is 34.5 Å². The van der Waals surface area contributed by atoms with Crippen molar-refractivity contribution in [1.29, 1.82) is 0 Å². The molecule has 0 bridgehead atoms. The lowest BCUT2D eigenvalue weighted by Crippen LogP contribution is -2.70. The number of aromatic nitrogens is 1. The van der Waals surface area contributed by atoms with Crippen LogP contribution in [-0.4, -0.2) is 56.5 Å². The van der Waals surface area contributed by atoms with Gasteiger partial charge in [-0.25, -0.2) is 14.6 Å². The van der Waals surface area contributed by atoms with Gasteiger partial charge in [0.1, 0.15) is 22.7 Å². The fourth-order valence-corrected chi connectivity index (χ4v) is 8.26. The Morgan fingerprint density at radius 1 is 1.00 bits per heavy atom. The minimum Gasteiger partial charge on any atom is -0.448 e. The van der Waals surface area contributed by atoms with Crippen LogP contribution in [0.2, 0.25) is 0 Å². The molecule has 2 fully saturated rings. The number of esters is 1. The zero-order valence-electron chi connectivity index (χ0n) is 28.4. The number of amides is 3. The number of ether oxygens (including phenoxy) is 2. The largest absolute Gasteiger partial charge is 0.448 e. The molecule has 1 saturated heterocycles. The molecule has 50 heavy (non-hydrogen) atoms. The molecule has 2 atom stereocenters. The number of hydrogen-bond acceptors (Lipinski definition) is 9. The summed E-state index contributed by atoms with van der Waals surface area (Å²) in [5.74, 6) is -0.476. The second kappa shape index (κ2) is 15.6. The van der Waals surface area contributed by atoms with Gasteiger partial charge in [0.15, 0.2) is 11.2 Å². The number of anilines is 1. The standard InChI is InChI=1S/C38H42N4O6S2/c1-38(2,3)48-37(46)41-36-39-28(23-50-36)27(20-19-24-13-7-4-8-14-24)32(43)40-30-33(44)42-29(21-22-49-34(30)42)35(45)47-31(25-15-9-5-10-16-25)26-17-11-6-12-18-26/h5-6,9-12,15-18,20-21,23-24,30-31,34H,4,7-8,13-14,19,22H2,1-3H3,(H,40,43)(H,39,41,46)/b27-20-. The fraction of sp³-hybridized carbons (Fsp3) is 0.395. The lowest BCUT2D eigenvalue weighted by Gasteiger charge is -2.48. The van der Waals surface area contributed by atoms with Crippen LogP contribution in [0.5, 0.6) is 0 Å². The summed E-state index contributed by atoms with van der Waals surface area (Å²) in [6.07, 6.45) is 8.79. The topological polar surface area (TPSA) is 127 Å². The molecule has 1 saturated carbocycles. The van der Waals surface area contributed by atoms with E-state index in [4.69, 9.17) is 9.47 Å². The molecule has 12 heteroatoms. The van der Waals surface area contributed by atoms with Gasteiger partial charge >= 0.3 is 12.1 Å². The number of carbonyl (C=O) groups excluding carboxylic acids is 4. The number of nitrogens with zero attached hydrogens (tertiary/aromatic N) is 2. The Kier molecular flexibility index (Phi) is 11.1. The van der Waals surface area contributed by atoms with Gasteiger partial charge in [-0.15, -0.1) is 23.1 Å². The molecule has 3 aliphatic rings. The molecule has 3 heterocycles. The number of rotatable bonds is 10. The summed E-state index contributed by atoms with van der Waals surface area (Å²) in [5.41, 5.74) is 1.88. The maximum atomic E-state index is 13.9. The van der Waals surface area contributed by atoms with E-state index in [1.165, 1.54) is 47.3 Å². The molecule has 0 spiro atoms. The molecule has 10 nitrogen and oxygen atoms in total. The highest BCUT2D eigenvalue weighted by atomic mass is 32.2. The number of carbonyl (C=O) groups is 4. The molecule has 2 N–H and O–H groups in total. The molecule has 2 unspecified atom stereocenters. The highest BCUT2D eigenvalue weighted by molar-refractivity contribution is 8.00. The van der Waals surface area contributed by atoms with Crippen LogP contribution in [0.15, 0.2) is 83.9 Å². The van der Waals surface area contributed by atoms with Gasteiger partial charge in [0.25, 0.3) is 11.8 Å². The number of β-lactam (4-membered cyclic amide) rings is 1. The zero-order chi connectivity index (χ0) is 35.3. The molecular weight excluding hydrogens is 673 g/mol. The Balaban J connectivity index is 1.16. The number of nitrogens with one attached hydrogen (secondary N) is 2. The molecule has 2 aliphatic heterocycles. The Labute approximate surface area is 300 Å². The predicted molar refractivity (Wildman–Crippen MR) is 195 cm³/mol. The van der Waals surface area contributed by atoms with E-state index in [2.05, 4.69) is 15.6 Å². The van der Waals surface area contributed by atoms with Gasteiger partial charge in [0.2, 0.25) is 0 Å². The van der Waals surface area contributed by atoms with Crippen molar-refractivity contribution in [3.8, 4) is 0 Å². The van der Waals surface area contributed by atoms with E-state index < -0.39 is 41.1 Å². The molecule has 262 valence electrons. The Hall–Kier alpha value is -4.42. The average molecular weight is 715 g/mol. The van der Waals surface area contributed by atoms with Crippen LogP contribution in [0, 0.1) is 5.92 Å². The van der Waals surface area contributed by atoms with Gasteiger partial charge in [-0.05, 0) is 50.3 Å². The number of fused-ring (bicyclic) bond motifs is 1. The predicted octanol–water partition coefficient (Wildman–Crippen LogP) is 7.46. The van der Waals surface area contributed by atoms with Crippen LogP contribution in [0.1, 0.15) is 82.2 Å². The summed E-state index contributed by atoms with van der Waals surface area (Å²) in [6, 6.07) is 18.1. The van der Waals surface area contributed by atoms with Crippen molar-refractivity contribution in [2.45, 2.75) is 82.4 Å². The molecule has 3 amide bonds. The smallest absolute Gasteiger partial charge is 0.413 e. The maximum absolute atomic E-state index is 13.9. The molecule has 1 aromatic heterocycles. The van der Waals surface area contributed by atoms with Crippen molar-refractivity contribution in [3.63, 3.8) is 0 Å². The first-order valence-electron chi connectivity index (χ1n) is 17.0. The Bertz CT molecular complexity index is 1720. The van der Waals surface area contributed by atoms with E-state index in [-0.39, 0.29) is 11.6 Å². The average Bonchev–Trinajstić information content (AvgIpc) is 3.57. The third kappa shape index (κ3) is 8.47. The molecule has 6 rings (SSSR count).